The number of aromatic nitrogens is 1. The molecule has 2 aliphatic rings. The van der Waals surface area contributed by atoms with Crippen LogP contribution < -0.4 is 4.90 Å². The lowest BCUT2D eigenvalue weighted by molar-refractivity contribution is -0.138. The standard InChI is InChI=1S/C24H29ClFN3O/c25-20-7-10-23(27-17-20)28-14-12-19(13-15-28)24(30)29(22-3-1-2-4-22)16-11-18-5-8-21(26)9-6-18/h5-10,17,19,22H,1-4,11-16H2. The first-order valence-corrected chi connectivity index (χ1v) is 11.4. The molecule has 1 amide bonds. The summed E-state index contributed by atoms with van der Waals surface area (Å²) in [5.74, 6) is 1.08. The number of carbonyl (C=O) groups is 1. The van der Waals surface area contributed by atoms with Gasteiger partial charge >= 0.3 is 0 Å². The Morgan fingerprint density at radius 3 is 2.40 bits per heavy atom. The second kappa shape index (κ2) is 9.78. The van der Waals surface area contributed by atoms with Gasteiger partial charge in [0.2, 0.25) is 5.91 Å². The number of hydrogen-bond acceptors (Lipinski definition) is 3. The van der Waals surface area contributed by atoms with Crippen molar-refractivity contribution in [3.05, 3.63) is 59.0 Å². The third kappa shape index (κ3) is 5.12. The van der Waals surface area contributed by atoms with Crippen LogP contribution in [0.4, 0.5) is 10.2 Å². The van der Waals surface area contributed by atoms with E-state index in [4.69, 9.17) is 11.6 Å². The molecule has 1 saturated carbocycles. The topological polar surface area (TPSA) is 36.4 Å². The van der Waals surface area contributed by atoms with Gasteiger partial charge in [-0.15, -0.1) is 0 Å². The summed E-state index contributed by atoms with van der Waals surface area (Å²) in [6.45, 7) is 2.39. The van der Waals surface area contributed by atoms with Gasteiger partial charge in [0.1, 0.15) is 11.6 Å². The van der Waals surface area contributed by atoms with Gasteiger partial charge in [-0.25, -0.2) is 9.37 Å². The summed E-state index contributed by atoms with van der Waals surface area (Å²) in [6, 6.07) is 10.8. The average molecular weight is 430 g/mol. The molecule has 1 aliphatic heterocycles. The van der Waals surface area contributed by atoms with Gasteiger partial charge in [-0.1, -0.05) is 36.6 Å². The summed E-state index contributed by atoms with van der Waals surface area (Å²) in [7, 11) is 0. The lowest BCUT2D eigenvalue weighted by Gasteiger charge is -2.37. The predicted molar refractivity (Wildman–Crippen MR) is 118 cm³/mol. The smallest absolute Gasteiger partial charge is 0.226 e. The first kappa shape index (κ1) is 21.1. The van der Waals surface area contributed by atoms with Crippen molar-refractivity contribution in [3.63, 3.8) is 0 Å². The van der Waals surface area contributed by atoms with E-state index in [2.05, 4.69) is 14.8 Å². The molecule has 0 bridgehead atoms. The molecule has 0 unspecified atom stereocenters. The zero-order valence-electron chi connectivity index (χ0n) is 17.3. The van der Waals surface area contributed by atoms with Crippen LogP contribution in [0.1, 0.15) is 44.1 Å². The van der Waals surface area contributed by atoms with Gasteiger partial charge in [-0.05, 0) is 61.9 Å². The Kier molecular flexibility index (Phi) is 6.88. The number of halogens is 2. The van der Waals surface area contributed by atoms with Crippen molar-refractivity contribution >= 4 is 23.3 Å². The molecule has 1 saturated heterocycles. The Morgan fingerprint density at radius 1 is 1.07 bits per heavy atom. The first-order valence-electron chi connectivity index (χ1n) is 11.0. The summed E-state index contributed by atoms with van der Waals surface area (Å²) in [6.07, 6.45) is 8.75. The molecule has 30 heavy (non-hydrogen) atoms. The van der Waals surface area contributed by atoms with E-state index in [0.717, 1.165) is 56.6 Å². The lowest BCUT2D eigenvalue weighted by Crippen LogP contribution is -2.47. The molecule has 0 N–H and O–H groups in total. The molecule has 4 rings (SSSR count). The number of hydrogen-bond donors (Lipinski definition) is 0. The van der Waals surface area contributed by atoms with Gasteiger partial charge in [0.25, 0.3) is 0 Å². The van der Waals surface area contributed by atoms with E-state index in [1.165, 1.54) is 25.0 Å². The molecular weight excluding hydrogens is 401 g/mol. The van der Waals surface area contributed by atoms with Crippen LogP contribution in [0.2, 0.25) is 5.02 Å². The van der Waals surface area contributed by atoms with Crippen LogP contribution in [0.25, 0.3) is 0 Å². The minimum atomic E-state index is -0.218. The average Bonchev–Trinajstić information content (AvgIpc) is 3.30. The van der Waals surface area contributed by atoms with Crippen molar-refractivity contribution in [1.29, 1.82) is 0 Å². The Bertz CT molecular complexity index is 829. The molecule has 0 spiro atoms. The normalized spacial score (nSPS) is 18.0. The van der Waals surface area contributed by atoms with Crippen molar-refractivity contribution < 1.29 is 9.18 Å². The number of nitrogens with zero attached hydrogens (tertiary/aromatic N) is 3. The maximum Gasteiger partial charge on any atom is 0.226 e. The molecule has 1 aliphatic carbocycles. The maximum absolute atomic E-state index is 13.5. The van der Waals surface area contributed by atoms with E-state index in [9.17, 15) is 9.18 Å². The van der Waals surface area contributed by atoms with E-state index >= 15 is 0 Å². The van der Waals surface area contributed by atoms with Crippen LogP contribution in [0.15, 0.2) is 42.6 Å². The molecule has 160 valence electrons. The van der Waals surface area contributed by atoms with E-state index in [1.807, 2.05) is 24.3 Å². The highest BCUT2D eigenvalue weighted by Gasteiger charge is 2.33. The molecule has 1 aromatic carbocycles. The van der Waals surface area contributed by atoms with Crippen LogP contribution in [0, 0.1) is 11.7 Å². The molecule has 0 atom stereocenters. The van der Waals surface area contributed by atoms with Gasteiger partial charge in [-0.3, -0.25) is 4.79 Å². The second-order valence-corrected chi connectivity index (χ2v) is 8.88. The van der Waals surface area contributed by atoms with Crippen LogP contribution in [-0.4, -0.2) is 41.5 Å². The molecule has 6 heteroatoms. The van der Waals surface area contributed by atoms with Gasteiger partial charge in [0.15, 0.2) is 0 Å². The lowest BCUT2D eigenvalue weighted by atomic mass is 9.94. The SMILES string of the molecule is O=C(C1CCN(c2ccc(Cl)cn2)CC1)N(CCc1ccc(F)cc1)C1CCCC1. The summed E-state index contributed by atoms with van der Waals surface area (Å²) in [4.78, 5) is 22.2. The monoisotopic (exact) mass is 429 g/mol. The molecule has 4 nitrogen and oxygen atoms in total. The van der Waals surface area contributed by atoms with E-state index in [1.54, 1.807) is 6.20 Å². The summed E-state index contributed by atoms with van der Waals surface area (Å²) in [5, 5.41) is 0.636. The fourth-order valence-corrected chi connectivity index (χ4v) is 4.85. The van der Waals surface area contributed by atoms with Crippen LogP contribution in [0.5, 0.6) is 0 Å². The molecule has 2 aromatic rings. The summed E-state index contributed by atoms with van der Waals surface area (Å²) < 4.78 is 13.2. The third-order valence-corrected chi connectivity index (χ3v) is 6.71. The highest BCUT2D eigenvalue weighted by molar-refractivity contribution is 6.30. The van der Waals surface area contributed by atoms with Gasteiger partial charge < -0.3 is 9.80 Å². The van der Waals surface area contributed by atoms with E-state index in [-0.39, 0.29) is 11.7 Å². The minimum absolute atomic E-state index is 0.0716. The minimum Gasteiger partial charge on any atom is -0.357 e. The fraction of sp³-hybridized carbons (Fsp3) is 0.500. The largest absolute Gasteiger partial charge is 0.357 e. The van der Waals surface area contributed by atoms with Crippen molar-refractivity contribution in [2.45, 2.75) is 51.0 Å². The van der Waals surface area contributed by atoms with Gasteiger partial charge in [-0.2, -0.15) is 0 Å². The number of pyridine rings is 1. The number of carbonyl (C=O) groups excluding carboxylic acids is 1. The van der Waals surface area contributed by atoms with Crippen LogP contribution in [-0.2, 0) is 11.2 Å². The van der Waals surface area contributed by atoms with Crippen LogP contribution in [0.3, 0.4) is 0 Å². The summed E-state index contributed by atoms with van der Waals surface area (Å²) >= 11 is 5.94. The van der Waals surface area contributed by atoms with Crippen molar-refractivity contribution in [1.82, 2.24) is 9.88 Å². The quantitative estimate of drug-likeness (QED) is 0.640. The zero-order valence-corrected chi connectivity index (χ0v) is 18.0. The second-order valence-electron chi connectivity index (χ2n) is 8.44. The molecule has 2 heterocycles. The third-order valence-electron chi connectivity index (χ3n) is 6.48. The predicted octanol–water partition coefficient (Wildman–Crippen LogP) is 5.10. The first-order chi connectivity index (χ1) is 14.6. The van der Waals surface area contributed by atoms with Gasteiger partial charge in [0, 0.05) is 37.8 Å². The number of amides is 1. The number of anilines is 1. The van der Waals surface area contributed by atoms with Crippen molar-refractivity contribution in [2.75, 3.05) is 24.5 Å². The molecule has 1 aromatic heterocycles. The zero-order chi connectivity index (χ0) is 20.9. The Balaban J connectivity index is 1.37. The molecule has 2 fully saturated rings. The number of piperidine rings is 1. The fourth-order valence-electron chi connectivity index (χ4n) is 4.73. The Labute approximate surface area is 183 Å². The highest BCUT2D eigenvalue weighted by Crippen LogP contribution is 2.29. The Hall–Kier alpha value is -2.14. The van der Waals surface area contributed by atoms with Crippen molar-refractivity contribution in [2.24, 2.45) is 5.92 Å². The summed E-state index contributed by atoms with van der Waals surface area (Å²) in [5.41, 5.74) is 1.08. The number of rotatable bonds is 6. The Morgan fingerprint density at radius 2 is 1.77 bits per heavy atom. The maximum atomic E-state index is 13.5. The highest BCUT2D eigenvalue weighted by atomic mass is 35.5. The molecule has 0 radical (unpaired) electrons. The van der Waals surface area contributed by atoms with Crippen molar-refractivity contribution in [3.8, 4) is 0 Å². The van der Waals surface area contributed by atoms with E-state index < -0.39 is 0 Å². The van der Waals surface area contributed by atoms with E-state index in [0.29, 0.717) is 23.5 Å². The van der Waals surface area contributed by atoms with Gasteiger partial charge in [0.05, 0.1) is 5.02 Å². The number of benzene rings is 1. The van der Waals surface area contributed by atoms with Crippen LogP contribution >= 0.6 is 11.6 Å². The molecular formula is C24H29ClFN3O.